The molecule has 0 spiro atoms. The second kappa shape index (κ2) is 9.27. The van der Waals surface area contributed by atoms with Crippen LogP contribution in [0.1, 0.15) is 17.3 Å². The van der Waals surface area contributed by atoms with E-state index in [1.807, 2.05) is 23.6 Å². The summed E-state index contributed by atoms with van der Waals surface area (Å²) in [4.78, 5) is 25.0. The first-order chi connectivity index (χ1) is 15.5. The zero-order valence-corrected chi connectivity index (χ0v) is 18.6. The molecule has 0 saturated carbocycles. The van der Waals surface area contributed by atoms with Gasteiger partial charge in [-0.25, -0.2) is 14.8 Å². The fourth-order valence-corrected chi connectivity index (χ4v) is 3.83. The molecule has 2 aromatic heterocycles. The number of rotatable bonds is 7. The van der Waals surface area contributed by atoms with Crippen LogP contribution in [0.5, 0.6) is 5.75 Å². The summed E-state index contributed by atoms with van der Waals surface area (Å²) in [6, 6.07) is 9.47. The molecule has 0 amide bonds. The number of nitrogens with zero attached hydrogens (tertiary/aromatic N) is 5. The Morgan fingerprint density at radius 2 is 1.97 bits per heavy atom. The van der Waals surface area contributed by atoms with E-state index < -0.39 is 5.97 Å². The van der Waals surface area contributed by atoms with Crippen molar-refractivity contribution in [3.63, 3.8) is 0 Å². The number of carboxylic acid groups (broad SMARTS) is 1. The van der Waals surface area contributed by atoms with Gasteiger partial charge < -0.3 is 29.5 Å². The molecule has 0 atom stereocenters. The Labute approximate surface area is 187 Å². The number of nitrogens with one attached hydrogen (secondary N) is 1. The Balaban J connectivity index is 1.58. The molecular formula is C23H28N6O3. The molecule has 4 rings (SSSR count). The lowest BCUT2D eigenvalue weighted by Crippen LogP contribution is -2.44. The van der Waals surface area contributed by atoms with E-state index in [9.17, 15) is 9.90 Å². The number of aromatic carboxylic acids is 1. The minimum Gasteiger partial charge on any atom is -0.494 e. The van der Waals surface area contributed by atoms with Gasteiger partial charge in [-0.15, -0.1) is 0 Å². The first-order valence-corrected chi connectivity index (χ1v) is 10.6. The number of carbonyl (C=O) groups is 1. The second-order valence-corrected chi connectivity index (χ2v) is 7.77. The summed E-state index contributed by atoms with van der Waals surface area (Å²) in [5.41, 5.74) is 3.49. The van der Waals surface area contributed by atoms with Gasteiger partial charge in [0, 0.05) is 56.9 Å². The number of benzene rings is 1. The van der Waals surface area contributed by atoms with E-state index in [2.05, 4.69) is 38.2 Å². The molecule has 32 heavy (non-hydrogen) atoms. The fourth-order valence-electron chi connectivity index (χ4n) is 3.83. The fraction of sp³-hybridized carbons (Fsp3) is 0.348. The maximum atomic E-state index is 11.4. The van der Waals surface area contributed by atoms with Crippen molar-refractivity contribution in [2.75, 3.05) is 50.6 Å². The highest BCUT2D eigenvalue weighted by Gasteiger charge is 2.17. The number of anilines is 3. The number of carboxylic acids is 1. The minimum absolute atomic E-state index is 0.233. The van der Waals surface area contributed by atoms with Crippen LogP contribution in [0.15, 0.2) is 42.7 Å². The topological polar surface area (TPSA) is 95.8 Å². The lowest BCUT2D eigenvalue weighted by molar-refractivity contribution is 0.0697. The average Bonchev–Trinajstić information content (AvgIpc) is 3.25. The lowest BCUT2D eigenvalue weighted by atomic mass is 10.2. The number of methoxy groups -OCH3 is 1. The summed E-state index contributed by atoms with van der Waals surface area (Å²) in [6.45, 7) is 6.62. The highest BCUT2D eigenvalue weighted by molar-refractivity contribution is 5.89. The zero-order chi connectivity index (χ0) is 22.7. The van der Waals surface area contributed by atoms with E-state index in [-0.39, 0.29) is 5.56 Å². The van der Waals surface area contributed by atoms with Crippen LogP contribution < -0.4 is 15.0 Å². The molecular weight excluding hydrogens is 408 g/mol. The van der Waals surface area contributed by atoms with Crippen molar-refractivity contribution in [2.24, 2.45) is 0 Å². The van der Waals surface area contributed by atoms with Gasteiger partial charge >= 0.3 is 5.97 Å². The monoisotopic (exact) mass is 436 g/mol. The molecule has 0 aliphatic carbocycles. The number of aryl methyl sites for hydroxylation is 1. The van der Waals surface area contributed by atoms with Crippen LogP contribution in [0.25, 0.3) is 11.4 Å². The van der Waals surface area contributed by atoms with Gasteiger partial charge in [0.2, 0.25) is 5.95 Å². The standard InChI is InChI=1S/C23H28N6O3/c1-4-28-15-16(22(30)31)13-20(28)18-7-8-24-23(25-18)26-19-6-5-17(14-21(19)32-3)29-11-9-27(2)10-12-29/h5-8,13-15H,4,9-12H2,1-3H3,(H,30,31)(H,24,25,26). The van der Waals surface area contributed by atoms with Crippen LogP contribution in [-0.2, 0) is 6.54 Å². The second-order valence-electron chi connectivity index (χ2n) is 7.77. The Morgan fingerprint density at radius 3 is 2.66 bits per heavy atom. The van der Waals surface area contributed by atoms with Crippen LogP contribution in [0.3, 0.4) is 0 Å². The van der Waals surface area contributed by atoms with Crippen LogP contribution in [0.2, 0.25) is 0 Å². The van der Waals surface area contributed by atoms with Crippen molar-refractivity contribution in [3.05, 3.63) is 48.3 Å². The minimum atomic E-state index is -0.962. The summed E-state index contributed by atoms with van der Waals surface area (Å²) >= 11 is 0. The highest BCUT2D eigenvalue weighted by atomic mass is 16.5. The van der Waals surface area contributed by atoms with Gasteiger partial charge in [-0.05, 0) is 38.2 Å². The van der Waals surface area contributed by atoms with Crippen molar-refractivity contribution in [1.29, 1.82) is 0 Å². The first-order valence-electron chi connectivity index (χ1n) is 10.6. The zero-order valence-electron chi connectivity index (χ0n) is 18.6. The molecule has 1 fully saturated rings. The summed E-state index contributed by atoms with van der Waals surface area (Å²) in [6.07, 6.45) is 3.27. The highest BCUT2D eigenvalue weighted by Crippen LogP contribution is 2.32. The summed E-state index contributed by atoms with van der Waals surface area (Å²) in [7, 11) is 3.78. The van der Waals surface area contributed by atoms with Gasteiger partial charge in [0.1, 0.15) is 5.75 Å². The van der Waals surface area contributed by atoms with Crippen molar-refractivity contribution in [1.82, 2.24) is 19.4 Å². The number of ether oxygens (including phenoxy) is 1. The molecule has 1 aliphatic heterocycles. The Hall–Kier alpha value is -3.59. The molecule has 3 aromatic rings. The van der Waals surface area contributed by atoms with Gasteiger partial charge in [-0.2, -0.15) is 0 Å². The largest absolute Gasteiger partial charge is 0.494 e. The van der Waals surface area contributed by atoms with E-state index in [0.717, 1.165) is 43.2 Å². The Bertz CT molecular complexity index is 1100. The maximum Gasteiger partial charge on any atom is 0.337 e. The molecule has 1 saturated heterocycles. The van der Waals surface area contributed by atoms with Crippen molar-refractivity contribution in [3.8, 4) is 17.1 Å². The van der Waals surface area contributed by atoms with Crippen LogP contribution in [-0.4, -0.2) is 70.8 Å². The van der Waals surface area contributed by atoms with Crippen LogP contribution in [0, 0.1) is 0 Å². The third kappa shape index (κ3) is 4.52. The van der Waals surface area contributed by atoms with E-state index in [1.54, 1.807) is 31.6 Å². The van der Waals surface area contributed by atoms with Gasteiger partial charge in [0.25, 0.3) is 0 Å². The Morgan fingerprint density at radius 1 is 1.19 bits per heavy atom. The van der Waals surface area contributed by atoms with Crippen LogP contribution in [0.4, 0.5) is 17.3 Å². The summed E-state index contributed by atoms with van der Waals surface area (Å²) in [5.74, 6) is 0.158. The SMILES string of the molecule is CCn1cc(C(=O)O)cc1-c1ccnc(Nc2ccc(N3CCN(C)CC3)cc2OC)n1. The number of piperazine rings is 1. The quantitative estimate of drug-likeness (QED) is 0.583. The molecule has 2 N–H and O–H groups in total. The molecule has 0 radical (unpaired) electrons. The molecule has 0 unspecified atom stereocenters. The summed E-state index contributed by atoms with van der Waals surface area (Å²) < 4.78 is 7.49. The van der Waals surface area contributed by atoms with Crippen LogP contribution >= 0.6 is 0 Å². The van der Waals surface area contributed by atoms with Crippen molar-refractivity contribution >= 4 is 23.3 Å². The smallest absolute Gasteiger partial charge is 0.337 e. The third-order valence-electron chi connectivity index (χ3n) is 5.70. The lowest BCUT2D eigenvalue weighted by Gasteiger charge is -2.34. The Kier molecular flexibility index (Phi) is 6.27. The maximum absolute atomic E-state index is 11.4. The molecule has 1 aromatic carbocycles. The number of aromatic nitrogens is 3. The normalized spacial score (nSPS) is 14.4. The van der Waals surface area contributed by atoms with E-state index in [0.29, 0.717) is 23.9 Å². The molecule has 3 heterocycles. The van der Waals surface area contributed by atoms with E-state index >= 15 is 0 Å². The van der Waals surface area contributed by atoms with E-state index in [1.165, 1.54) is 0 Å². The van der Waals surface area contributed by atoms with Gasteiger partial charge in [0.15, 0.2) is 0 Å². The van der Waals surface area contributed by atoms with Crippen molar-refractivity contribution < 1.29 is 14.6 Å². The molecule has 9 heteroatoms. The third-order valence-corrected chi connectivity index (χ3v) is 5.70. The molecule has 168 valence electrons. The number of hydrogen-bond donors (Lipinski definition) is 2. The number of likely N-dealkylation sites (N-methyl/N-ethyl adjacent to an activating group) is 1. The van der Waals surface area contributed by atoms with Crippen molar-refractivity contribution in [2.45, 2.75) is 13.5 Å². The average molecular weight is 437 g/mol. The number of hydrogen-bond acceptors (Lipinski definition) is 7. The van der Waals surface area contributed by atoms with Gasteiger partial charge in [-0.3, -0.25) is 0 Å². The summed E-state index contributed by atoms with van der Waals surface area (Å²) in [5, 5.41) is 12.6. The molecule has 0 bridgehead atoms. The predicted octanol–water partition coefficient (Wildman–Crippen LogP) is 3.17. The van der Waals surface area contributed by atoms with Gasteiger partial charge in [-0.1, -0.05) is 0 Å². The molecule has 1 aliphatic rings. The molecule has 9 nitrogen and oxygen atoms in total. The van der Waals surface area contributed by atoms with E-state index in [4.69, 9.17) is 4.74 Å². The predicted molar refractivity (Wildman–Crippen MR) is 124 cm³/mol. The van der Waals surface area contributed by atoms with Gasteiger partial charge in [0.05, 0.1) is 29.7 Å². The first kappa shape index (κ1) is 21.6.